The molecule has 0 radical (unpaired) electrons. The summed E-state index contributed by atoms with van der Waals surface area (Å²) < 4.78 is 23.3. The summed E-state index contributed by atoms with van der Waals surface area (Å²) in [5.41, 5.74) is 3.42. The SMILES string of the molecule is Cc1ccc(COc2ccc3nc([C@H]4C(C(=O)O)C4(C)C)n(Cc4ccc(Br)cc4F)c3c2)nc1. The van der Waals surface area contributed by atoms with Crippen molar-refractivity contribution in [3.63, 3.8) is 0 Å². The Bertz CT molecular complexity index is 1430. The summed E-state index contributed by atoms with van der Waals surface area (Å²) in [5.74, 6) is -0.716. The molecular weight excluding hydrogens is 513 g/mol. The first-order valence-corrected chi connectivity index (χ1v) is 12.2. The molecule has 0 aliphatic heterocycles. The highest BCUT2D eigenvalue weighted by Gasteiger charge is 2.64. The Hall–Kier alpha value is -3.26. The van der Waals surface area contributed by atoms with Crippen molar-refractivity contribution >= 4 is 32.9 Å². The van der Waals surface area contributed by atoms with E-state index in [0.717, 1.165) is 16.8 Å². The predicted octanol–water partition coefficient (Wildman–Crippen LogP) is 6.09. The van der Waals surface area contributed by atoms with Gasteiger partial charge in [-0.2, -0.15) is 0 Å². The predicted molar refractivity (Wildman–Crippen MR) is 134 cm³/mol. The number of benzene rings is 2. The maximum absolute atomic E-state index is 14.8. The van der Waals surface area contributed by atoms with Gasteiger partial charge in [0.15, 0.2) is 0 Å². The van der Waals surface area contributed by atoms with Crippen LogP contribution in [0, 0.1) is 24.1 Å². The van der Waals surface area contributed by atoms with Crippen molar-refractivity contribution in [2.75, 3.05) is 0 Å². The Kier molecular flexibility index (Phi) is 5.87. The number of nitrogens with zero attached hydrogens (tertiary/aromatic N) is 3. The molecule has 2 heterocycles. The number of aliphatic carboxylic acids is 1. The maximum Gasteiger partial charge on any atom is 0.307 e. The molecule has 2 aromatic heterocycles. The van der Waals surface area contributed by atoms with E-state index >= 15 is 0 Å². The molecule has 8 heteroatoms. The lowest BCUT2D eigenvalue weighted by Gasteiger charge is -2.12. The van der Waals surface area contributed by atoms with Crippen LogP contribution in [0.5, 0.6) is 5.75 Å². The highest BCUT2D eigenvalue weighted by atomic mass is 79.9. The van der Waals surface area contributed by atoms with Gasteiger partial charge in [0, 0.05) is 28.2 Å². The summed E-state index contributed by atoms with van der Waals surface area (Å²) in [6.45, 7) is 6.39. The Morgan fingerprint density at radius 2 is 2.00 bits per heavy atom. The normalized spacial score (nSPS) is 18.5. The number of halogens is 2. The fraction of sp³-hybridized carbons (Fsp3) is 0.296. The van der Waals surface area contributed by atoms with E-state index in [0.29, 0.717) is 33.7 Å². The average Bonchev–Trinajstić information content (AvgIpc) is 3.22. The molecule has 4 aromatic rings. The molecule has 0 spiro atoms. The van der Waals surface area contributed by atoms with Crippen LogP contribution < -0.4 is 4.74 Å². The zero-order chi connectivity index (χ0) is 24.9. The minimum atomic E-state index is -0.844. The average molecular weight is 538 g/mol. The number of carbonyl (C=O) groups is 1. The van der Waals surface area contributed by atoms with E-state index in [1.807, 2.05) is 55.7 Å². The number of fused-ring (bicyclic) bond motifs is 1. The van der Waals surface area contributed by atoms with E-state index < -0.39 is 17.3 Å². The third-order valence-corrected chi connectivity index (χ3v) is 7.32. The van der Waals surface area contributed by atoms with E-state index in [-0.39, 0.29) is 18.3 Å². The van der Waals surface area contributed by atoms with Crippen LogP contribution in [0.4, 0.5) is 4.39 Å². The zero-order valence-electron chi connectivity index (χ0n) is 19.6. The number of aromatic nitrogens is 3. The van der Waals surface area contributed by atoms with Gasteiger partial charge in [-0.3, -0.25) is 9.78 Å². The van der Waals surface area contributed by atoms with Crippen LogP contribution in [0.3, 0.4) is 0 Å². The van der Waals surface area contributed by atoms with Crippen molar-refractivity contribution in [2.24, 2.45) is 11.3 Å². The van der Waals surface area contributed by atoms with Crippen LogP contribution in [0.2, 0.25) is 0 Å². The van der Waals surface area contributed by atoms with Crippen LogP contribution >= 0.6 is 15.9 Å². The Balaban J connectivity index is 1.54. The number of carboxylic acid groups (broad SMARTS) is 1. The smallest absolute Gasteiger partial charge is 0.307 e. The van der Waals surface area contributed by atoms with Gasteiger partial charge in [-0.1, -0.05) is 41.9 Å². The first-order chi connectivity index (χ1) is 16.6. The molecule has 2 atom stereocenters. The molecule has 180 valence electrons. The molecule has 1 unspecified atom stereocenters. The number of aryl methyl sites for hydroxylation is 1. The van der Waals surface area contributed by atoms with Gasteiger partial charge in [-0.15, -0.1) is 0 Å². The number of carboxylic acids is 1. The van der Waals surface area contributed by atoms with Gasteiger partial charge in [-0.25, -0.2) is 9.37 Å². The number of imidazole rings is 1. The largest absolute Gasteiger partial charge is 0.487 e. The number of ether oxygens (including phenoxy) is 1. The second kappa shape index (κ2) is 8.75. The van der Waals surface area contributed by atoms with Crippen molar-refractivity contribution in [1.29, 1.82) is 0 Å². The third-order valence-electron chi connectivity index (χ3n) is 6.82. The van der Waals surface area contributed by atoms with Gasteiger partial charge in [0.2, 0.25) is 0 Å². The van der Waals surface area contributed by atoms with E-state index in [4.69, 9.17) is 9.72 Å². The number of hydrogen-bond donors (Lipinski definition) is 1. The van der Waals surface area contributed by atoms with E-state index in [1.54, 1.807) is 18.3 Å². The molecule has 35 heavy (non-hydrogen) atoms. The highest BCUT2D eigenvalue weighted by Crippen LogP contribution is 2.64. The Labute approximate surface area is 210 Å². The van der Waals surface area contributed by atoms with Crippen molar-refractivity contribution < 1.29 is 19.0 Å². The van der Waals surface area contributed by atoms with E-state index in [1.165, 1.54) is 6.07 Å². The molecule has 0 bridgehead atoms. The highest BCUT2D eigenvalue weighted by molar-refractivity contribution is 9.10. The van der Waals surface area contributed by atoms with E-state index in [9.17, 15) is 14.3 Å². The zero-order valence-corrected chi connectivity index (χ0v) is 21.2. The lowest BCUT2D eigenvalue weighted by Crippen LogP contribution is -2.08. The minimum Gasteiger partial charge on any atom is -0.487 e. The van der Waals surface area contributed by atoms with Crippen LogP contribution in [0.1, 0.15) is 42.4 Å². The van der Waals surface area contributed by atoms with Crippen LogP contribution in [-0.2, 0) is 17.9 Å². The summed E-state index contributed by atoms with van der Waals surface area (Å²) in [4.78, 5) is 21.1. The minimum absolute atomic E-state index is 0.229. The van der Waals surface area contributed by atoms with Crippen LogP contribution in [0.25, 0.3) is 11.0 Å². The topological polar surface area (TPSA) is 77.2 Å². The van der Waals surface area contributed by atoms with Gasteiger partial charge in [-0.05, 0) is 48.2 Å². The first-order valence-electron chi connectivity index (χ1n) is 11.4. The van der Waals surface area contributed by atoms with Gasteiger partial charge in [0.1, 0.15) is 24.0 Å². The quantitative estimate of drug-likeness (QED) is 0.308. The first kappa shape index (κ1) is 23.5. The van der Waals surface area contributed by atoms with Crippen molar-refractivity contribution in [1.82, 2.24) is 14.5 Å². The molecular formula is C27H25BrFN3O3. The monoisotopic (exact) mass is 537 g/mol. The molecule has 1 N–H and O–H groups in total. The van der Waals surface area contributed by atoms with Crippen LogP contribution in [-0.4, -0.2) is 25.6 Å². The molecule has 1 fully saturated rings. The molecule has 1 saturated carbocycles. The molecule has 0 amide bonds. The number of rotatable bonds is 7. The van der Waals surface area contributed by atoms with Crippen molar-refractivity contribution in [3.05, 3.63) is 87.7 Å². The van der Waals surface area contributed by atoms with E-state index in [2.05, 4.69) is 20.9 Å². The second-order valence-corrected chi connectivity index (χ2v) is 10.6. The summed E-state index contributed by atoms with van der Waals surface area (Å²) in [6.07, 6.45) is 1.80. The molecule has 0 saturated heterocycles. The van der Waals surface area contributed by atoms with Gasteiger partial charge < -0.3 is 14.4 Å². The Morgan fingerprint density at radius 3 is 2.66 bits per heavy atom. The lowest BCUT2D eigenvalue weighted by atomic mass is 10.1. The molecule has 5 rings (SSSR count). The number of pyridine rings is 1. The van der Waals surface area contributed by atoms with Gasteiger partial charge in [0.05, 0.1) is 29.2 Å². The van der Waals surface area contributed by atoms with Crippen molar-refractivity contribution in [3.8, 4) is 5.75 Å². The summed E-state index contributed by atoms with van der Waals surface area (Å²) in [6, 6.07) is 14.4. The molecule has 1 aliphatic rings. The summed E-state index contributed by atoms with van der Waals surface area (Å²) in [5, 5.41) is 9.76. The summed E-state index contributed by atoms with van der Waals surface area (Å²) in [7, 11) is 0. The molecule has 1 aliphatic carbocycles. The standard InChI is InChI=1S/C27H25BrFN3O3/c1-15-4-7-18(30-12-15)14-35-19-8-9-21-22(11-19)32(13-16-5-6-17(28)10-20(16)29)25(31-21)23-24(26(33)34)27(23,2)3/h4-12,23-24H,13-14H2,1-3H3,(H,33,34)/t23-,24?/m1/s1. The summed E-state index contributed by atoms with van der Waals surface area (Å²) >= 11 is 3.30. The van der Waals surface area contributed by atoms with Crippen LogP contribution in [0.15, 0.2) is 59.2 Å². The lowest BCUT2D eigenvalue weighted by molar-refractivity contribution is -0.139. The van der Waals surface area contributed by atoms with Gasteiger partial charge >= 0.3 is 5.97 Å². The van der Waals surface area contributed by atoms with Crippen molar-refractivity contribution in [2.45, 2.75) is 39.8 Å². The Morgan fingerprint density at radius 1 is 1.20 bits per heavy atom. The fourth-order valence-electron chi connectivity index (χ4n) is 4.76. The van der Waals surface area contributed by atoms with Gasteiger partial charge in [0.25, 0.3) is 0 Å². The molecule has 2 aromatic carbocycles. The molecule has 6 nitrogen and oxygen atoms in total. The maximum atomic E-state index is 14.8. The second-order valence-electron chi connectivity index (χ2n) is 9.67. The third kappa shape index (κ3) is 4.43. The fourth-order valence-corrected chi connectivity index (χ4v) is 5.09. The number of hydrogen-bond acceptors (Lipinski definition) is 4.